The van der Waals surface area contributed by atoms with E-state index in [1.54, 1.807) is 25.3 Å². The molecule has 2 aromatic heterocycles. The lowest BCUT2D eigenvalue weighted by atomic mass is 10.0. The molecular formula is C24H17ClN4O4S. The fraction of sp³-hybridized carbons (Fsp3) is 0.0417. The highest BCUT2D eigenvalue weighted by atomic mass is 35.5. The van der Waals surface area contributed by atoms with Crippen LogP contribution in [0.2, 0.25) is 5.02 Å². The number of hydrogen-bond acceptors (Lipinski definition) is 5. The zero-order valence-electron chi connectivity index (χ0n) is 17.7. The summed E-state index contributed by atoms with van der Waals surface area (Å²) in [4.78, 5) is 32.3. The largest absolute Gasteiger partial charge is 0.316 e. The van der Waals surface area contributed by atoms with Gasteiger partial charge >= 0.3 is 11.1 Å². The number of aryl methyl sites for hydroxylation is 1. The van der Waals surface area contributed by atoms with Gasteiger partial charge in [0, 0.05) is 17.1 Å². The number of nitrogens with zero attached hydrogens (tertiary/aromatic N) is 1. The first-order valence-corrected chi connectivity index (χ1v) is 12.0. The van der Waals surface area contributed by atoms with Crippen molar-refractivity contribution in [3.8, 4) is 11.1 Å². The predicted octanol–water partition coefficient (Wildman–Crippen LogP) is 4.19. The van der Waals surface area contributed by atoms with Crippen molar-refractivity contribution in [1.29, 1.82) is 0 Å². The van der Waals surface area contributed by atoms with E-state index in [-0.39, 0.29) is 16.1 Å². The van der Waals surface area contributed by atoms with E-state index in [9.17, 15) is 18.0 Å². The number of aromatic amines is 2. The van der Waals surface area contributed by atoms with Crippen molar-refractivity contribution < 1.29 is 8.42 Å². The summed E-state index contributed by atoms with van der Waals surface area (Å²) in [6.07, 6.45) is 1.73. The molecule has 170 valence electrons. The van der Waals surface area contributed by atoms with Crippen molar-refractivity contribution in [3.63, 3.8) is 0 Å². The van der Waals surface area contributed by atoms with Crippen LogP contribution in [0.25, 0.3) is 33.1 Å². The Hall–Kier alpha value is -3.95. The molecule has 0 aliphatic rings. The third-order valence-electron chi connectivity index (χ3n) is 5.44. The van der Waals surface area contributed by atoms with Crippen molar-refractivity contribution in [2.24, 2.45) is 0 Å². The lowest BCUT2D eigenvalue weighted by Crippen LogP contribution is -2.29. The zero-order chi connectivity index (χ0) is 24.0. The van der Waals surface area contributed by atoms with Gasteiger partial charge in [-0.3, -0.25) is 19.3 Å². The third-order valence-corrected chi connectivity index (χ3v) is 7.28. The molecule has 3 N–H and O–H groups in total. The number of pyridine rings is 1. The summed E-state index contributed by atoms with van der Waals surface area (Å²) in [6, 6.07) is 17.3. The van der Waals surface area contributed by atoms with Crippen LogP contribution in [-0.4, -0.2) is 23.4 Å². The summed E-state index contributed by atoms with van der Waals surface area (Å²) in [5, 5.41) is 1.34. The number of sulfonamides is 1. The fourth-order valence-electron chi connectivity index (χ4n) is 3.81. The molecule has 0 amide bonds. The predicted molar refractivity (Wildman–Crippen MR) is 133 cm³/mol. The number of anilines is 1. The van der Waals surface area contributed by atoms with Gasteiger partial charge in [-0.1, -0.05) is 29.8 Å². The van der Waals surface area contributed by atoms with Crippen molar-refractivity contribution >= 4 is 49.2 Å². The van der Waals surface area contributed by atoms with E-state index in [1.807, 2.05) is 30.3 Å². The number of H-pyrrole nitrogens is 2. The first kappa shape index (κ1) is 21.9. The Bertz CT molecular complexity index is 1830. The minimum Gasteiger partial charge on any atom is -0.316 e. The van der Waals surface area contributed by atoms with Crippen LogP contribution in [-0.2, 0) is 10.0 Å². The molecule has 8 nitrogen and oxygen atoms in total. The molecule has 5 aromatic rings. The molecule has 2 heterocycles. The average Bonchev–Trinajstić information content (AvgIpc) is 2.79. The maximum Gasteiger partial charge on any atom is 0.314 e. The molecule has 0 aliphatic heterocycles. The normalized spacial score (nSPS) is 11.7. The fourth-order valence-corrected chi connectivity index (χ4v) is 5.40. The Morgan fingerprint density at radius 2 is 1.65 bits per heavy atom. The van der Waals surface area contributed by atoms with Crippen molar-refractivity contribution in [2.45, 2.75) is 11.8 Å². The van der Waals surface area contributed by atoms with E-state index >= 15 is 0 Å². The molecule has 0 bridgehead atoms. The Kier molecular flexibility index (Phi) is 5.22. The molecule has 5 rings (SSSR count). The number of halogens is 1. The Balaban J connectivity index is 1.49. The van der Waals surface area contributed by atoms with Gasteiger partial charge in [-0.2, -0.15) is 0 Å². The number of aromatic nitrogens is 3. The van der Waals surface area contributed by atoms with Gasteiger partial charge in [-0.15, -0.1) is 0 Å². The van der Waals surface area contributed by atoms with Crippen LogP contribution in [0.3, 0.4) is 0 Å². The van der Waals surface area contributed by atoms with E-state index in [4.69, 9.17) is 11.6 Å². The SMILES string of the molecule is Cc1cc2[nH]c(=O)c(=O)[nH]c2cc1S(=O)(=O)Nc1ccc(-c2ccc3ncccc3c2)c(Cl)c1. The summed E-state index contributed by atoms with van der Waals surface area (Å²) in [7, 11) is -4.01. The van der Waals surface area contributed by atoms with Crippen LogP contribution < -0.4 is 15.8 Å². The van der Waals surface area contributed by atoms with Gasteiger partial charge in [-0.25, -0.2) is 8.42 Å². The molecule has 0 fully saturated rings. The Labute approximate surface area is 198 Å². The van der Waals surface area contributed by atoms with Gasteiger partial charge < -0.3 is 9.97 Å². The number of benzene rings is 3. The van der Waals surface area contributed by atoms with E-state index in [0.29, 0.717) is 16.1 Å². The monoisotopic (exact) mass is 492 g/mol. The highest BCUT2D eigenvalue weighted by Gasteiger charge is 2.19. The smallest absolute Gasteiger partial charge is 0.314 e. The number of rotatable bonds is 4. The van der Waals surface area contributed by atoms with Gasteiger partial charge in [0.05, 0.1) is 32.2 Å². The van der Waals surface area contributed by atoms with Crippen molar-refractivity contribution in [1.82, 2.24) is 15.0 Å². The van der Waals surface area contributed by atoms with Gasteiger partial charge in [0.2, 0.25) is 0 Å². The molecule has 34 heavy (non-hydrogen) atoms. The van der Waals surface area contributed by atoms with Crippen molar-refractivity contribution in [3.05, 3.63) is 98.2 Å². The topological polar surface area (TPSA) is 125 Å². The molecule has 0 radical (unpaired) electrons. The molecule has 0 spiro atoms. The molecule has 0 unspecified atom stereocenters. The van der Waals surface area contributed by atoms with Gasteiger partial charge in [-0.05, 0) is 60.5 Å². The lowest BCUT2D eigenvalue weighted by Gasteiger charge is -2.13. The second-order valence-corrected chi connectivity index (χ2v) is 9.84. The summed E-state index contributed by atoms with van der Waals surface area (Å²) in [6.45, 7) is 1.60. The van der Waals surface area contributed by atoms with Crippen LogP contribution in [0.1, 0.15) is 5.56 Å². The molecule has 10 heteroatoms. The Morgan fingerprint density at radius 3 is 2.38 bits per heavy atom. The van der Waals surface area contributed by atoms with Gasteiger partial charge in [0.25, 0.3) is 10.0 Å². The second kappa shape index (κ2) is 8.12. The minimum atomic E-state index is -4.01. The quantitative estimate of drug-likeness (QED) is 0.324. The number of fused-ring (bicyclic) bond motifs is 2. The van der Waals surface area contributed by atoms with Crippen molar-refractivity contribution in [2.75, 3.05) is 4.72 Å². The van der Waals surface area contributed by atoms with Crippen LogP contribution in [0.5, 0.6) is 0 Å². The van der Waals surface area contributed by atoms with E-state index < -0.39 is 21.1 Å². The number of hydrogen-bond donors (Lipinski definition) is 3. The molecule has 0 aliphatic carbocycles. The summed E-state index contributed by atoms with van der Waals surface area (Å²) >= 11 is 6.51. The summed E-state index contributed by atoms with van der Waals surface area (Å²) in [5.74, 6) is 0. The summed E-state index contributed by atoms with van der Waals surface area (Å²) in [5.41, 5.74) is 2.04. The third kappa shape index (κ3) is 3.95. The standard InChI is InChI=1S/C24H17ClN4O4S/c1-13-9-20-21(28-24(31)23(30)27-20)12-22(13)34(32,33)29-16-5-6-17(18(25)11-16)14-4-7-19-15(10-14)3-2-8-26-19/h2-12,29H,1H3,(H,27,30)(H,28,31). The van der Waals surface area contributed by atoms with Crippen LogP contribution in [0.4, 0.5) is 5.69 Å². The maximum absolute atomic E-state index is 13.1. The second-order valence-electron chi connectivity index (χ2n) is 7.78. The first-order valence-electron chi connectivity index (χ1n) is 10.2. The first-order chi connectivity index (χ1) is 16.2. The van der Waals surface area contributed by atoms with Crippen LogP contribution in [0.15, 0.2) is 81.3 Å². The lowest BCUT2D eigenvalue weighted by molar-refractivity contribution is 0.600. The number of nitrogens with one attached hydrogen (secondary N) is 3. The van der Waals surface area contributed by atoms with E-state index in [2.05, 4.69) is 19.7 Å². The average molecular weight is 493 g/mol. The molecule has 3 aromatic carbocycles. The molecule has 0 saturated carbocycles. The highest BCUT2D eigenvalue weighted by Crippen LogP contribution is 2.33. The van der Waals surface area contributed by atoms with Gasteiger partial charge in [0.1, 0.15) is 0 Å². The van der Waals surface area contributed by atoms with Crippen LogP contribution in [0, 0.1) is 6.92 Å². The molecular weight excluding hydrogens is 476 g/mol. The minimum absolute atomic E-state index is 0.0371. The van der Waals surface area contributed by atoms with E-state index in [0.717, 1.165) is 22.0 Å². The Morgan fingerprint density at radius 1 is 0.912 bits per heavy atom. The van der Waals surface area contributed by atoms with Crippen LogP contribution >= 0.6 is 11.6 Å². The zero-order valence-corrected chi connectivity index (χ0v) is 19.3. The highest BCUT2D eigenvalue weighted by molar-refractivity contribution is 7.92. The summed E-state index contributed by atoms with van der Waals surface area (Å²) < 4.78 is 28.7. The molecule has 0 saturated heterocycles. The van der Waals surface area contributed by atoms with E-state index in [1.165, 1.54) is 18.2 Å². The maximum atomic E-state index is 13.1. The van der Waals surface area contributed by atoms with Gasteiger partial charge in [0.15, 0.2) is 0 Å². The molecule has 0 atom stereocenters.